The minimum atomic E-state index is 0.114. The molecule has 3 heteroatoms. The van der Waals surface area contributed by atoms with E-state index >= 15 is 0 Å². The van der Waals surface area contributed by atoms with E-state index in [9.17, 15) is 5.11 Å². The Morgan fingerprint density at radius 2 is 2.06 bits per heavy atom. The third-order valence-corrected chi connectivity index (χ3v) is 3.18. The van der Waals surface area contributed by atoms with Gasteiger partial charge in [0, 0.05) is 22.7 Å². The monoisotopic (exact) mass is 237 g/mol. The van der Waals surface area contributed by atoms with Crippen LogP contribution < -0.4 is 5.32 Å². The SMILES string of the molecule is CC(NC1CC=CC1)c1cc(Cl)ccc1O. The fraction of sp³-hybridized carbons (Fsp3) is 0.385. The Hall–Kier alpha value is -0.990. The van der Waals surface area contributed by atoms with Gasteiger partial charge in [-0.1, -0.05) is 23.8 Å². The largest absolute Gasteiger partial charge is 0.508 e. The van der Waals surface area contributed by atoms with Gasteiger partial charge in [0.1, 0.15) is 5.75 Å². The van der Waals surface area contributed by atoms with Gasteiger partial charge in [0.05, 0.1) is 0 Å². The van der Waals surface area contributed by atoms with Crippen molar-refractivity contribution in [2.45, 2.75) is 31.8 Å². The summed E-state index contributed by atoms with van der Waals surface area (Å²) in [5.41, 5.74) is 0.861. The molecule has 1 aromatic carbocycles. The van der Waals surface area contributed by atoms with E-state index < -0.39 is 0 Å². The van der Waals surface area contributed by atoms with Crippen LogP contribution in [0.2, 0.25) is 5.02 Å². The molecule has 2 rings (SSSR count). The van der Waals surface area contributed by atoms with Gasteiger partial charge in [0.2, 0.25) is 0 Å². The predicted molar refractivity (Wildman–Crippen MR) is 66.8 cm³/mol. The molecule has 0 heterocycles. The summed E-state index contributed by atoms with van der Waals surface area (Å²) >= 11 is 5.93. The van der Waals surface area contributed by atoms with Crippen molar-refractivity contribution in [1.82, 2.24) is 5.32 Å². The summed E-state index contributed by atoms with van der Waals surface area (Å²) in [6.45, 7) is 2.05. The smallest absolute Gasteiger partial charge is 0.120 e. The second kappa shape index (κ2) is 4.89. The first kappa shape index (κ1) is 11.5. The lowest BCUT2D eigenvalue weighted by Gasteiger charge is -2.20. The lowest BCUT2D eigenvalue weighted by atomic mass is 10.1. The van der Waals surface area contributed by atoms with Gasteiger partial charge in [-0.3, -0.25) is 0 Å². The number of hydrogen-bond acceptors (Lipinski definition) is 2. The van der Waals surface area contributed by atoms with Crippen LogP contribution in [0.15, 0.2) is 30.4 Å². The Labute approximate surface area is 101 Å². The van der Waals surface area contributed by atoms with Crippen LogP contribution in [0.5, 0.6) is 5.75 Å². The van der Waals surface area contributed by atoms with Gasteiger partial charge < -0.3 is 10.4 Å². The summed E-state index contributed by atoms with van der Waals surface area (Å²) in [6.07, 6.45) is 6.49. The summed E-state index contributed by atoms with van der Waals surface area (Å²) in [5.74, 6) is 0.301. The molecule has 0 aliphatic heterocycles. The maximum atomic E-state index is 9.77. The highest BCUT2D eigenvalue weighted by molar-refractivity contribution is 6.30. The second-order valence-corrected chi connectivity index (χ2v) is 4.67. The number of halogens is 1. The second-order valence-electron chi connectivity index (χ2n) is 4.23. The molecule has 0 saturated carbocycles. The van der Waals surface area contributed by atoms with Gasteiger partial charge in [0.25, 0.3) is 0 Å². The quantitative estimate of drug-likeness (QED) is 0.790. The van der Waals surface area contributed by atoms with Gasteiger partial charge in [-0.05, 0) is 38.0 Å². The topological polar surface area (TPSA) is 32.3 Å². The van der Waals surface area contributed by atoms with E-state index in [1.807, 2.05) is 13.0 Å². The molecule has 0 radical (unpaired) electrons. The highest BCUT2D eigenvalue weighted by atomic mass is 35.5. The number of nitrogens with one attached hydrogen (secondary N) is 1. The van der Waals surface area contributed by atoms with E-state index in [0.29, 0.717) is 16.8 Å². The zero-order valence-corrected chi connectivity index (χ0v) is 10.0. The van der Waals surface area contributed by atoms with E-state index in [4.69, 9.17) is 11.6 Å². The lowest BCUT2D eigenvalue weighted by molar-refractivity contribution is 0.431. The number of aromatic hydroxyl groups is 1. The van der Waals surface area contributed by atoms with Crippen molar-refractivity contribution in [2.75, 3.05) is 0 Å². The zero-order chi connectivity index (χ0) is 11.5. The van der Waals surface area contributed by atoms with Gasteiger partial charge >= 0.3 is 0 Å². The standard InChI is InChI=1S/C13H16ClNO/c1-9(15-11-4-2-3-5-11)12-8-10(14)6-7-13(12)16/h2-3,6-9,11,15-16H,4-5H2,1H3. The van der Waals surface area contributed by atoms with E-state index in [1.165, 1.54) is 0 Å². The summed E-state index contributed by atoms with van der Waals surface area (Å²) in [4.78, 5) is 0. The molecule has 2 nitrogen and oxygen atoms in total. The highest BCUT2D eigenvalue weighted by Gasteiger charge is 2.16. The van der Waals surface area contributed by atoms with Crippen LogP contribution in [0.4, 0.5) is 0 Å². The van der Waals surface area contributed by atoms with Gasteiger partial charge in [0.15, 0.2) is 0 Å². The molecule has 1 aliphatic carbocycles. The van der Waals surface area contributed by atoms with Crippen molar-refractivity contribution in [2.24, 2.45) is 0 Å². The average molecular weight is 238 g/mol. The molecule has 1 unspecified atom stereocenters. The Morgan fingerprint density at radius 1 is 1.38 bits per heavy atom. The molecule has 0 saturated heterocycles. The Balaban J connectivity index is 2.07. The third kappa shape index (κ3) is 2.57. The Bertz CT molecular complexity index is 395. The number of benzene rings is 1. The molecule has 1 aromatic rings. The Kier molecular flexibility index (Phi) is 3.52. The molecule has 0 bridgehead atoms. The molecule has 0 aromatic heterocycles. The van der Waals surface area contributed by atoms with Gasteiger partial charge in [-0.2, -0.15) is 0 Å². The molecular formula is C13H16ClNO. The number of phenols is 1. The van der Waals surface area contributed by atoms with Crippen LogP contribution >= 0.6 is 11.6 Å². The molecule has 86 valence electrons. The molecular weight excluding hydrogens is 222 g/mol. The highest BCUT2D eigenvalue weighted by Crippen LogP contribution is 2.28. The molecule has 2 N–H and O–H groups in total. The fourth-order valence-electron chi connectivity index (χ4n) is 2.07. The number of rotatable bonds is 3. The first-order valence-electron chi connectivity index (χ1n) is 5.56. The zero-order valence-electron chi connectivity index (χ0n) is 9.28. The number of phenolic OH excluding ortho intramolecular Hbond substituents is 1. The van der Waals surface area contributed by atoms with Crippen LogP contribution in [0.25, 0.3) is 0 Å². The first-order chi connectivity index (χ1) is 7.66. The van der Waals surface area contributed by atoms with E-state index in [2.05, 4.69) is 17.5 Å². The van der Waals surface area contributed by atoms with Crippen molar-refractivity contribution in [1.29, 1.82) is 0 Å². The normalized spacial score (nSPS) is 17.9. The average Bonchev–Trinajstić information content (AvgIpc) is 2.74. The fourth-order valence-corrected chi connectivity index (χ4v) is 2.25. The van der Waals surface area contributed by atoms with Crippen molar-refractivity contribution in [3.8, 4) is 5.75 Å². The molecule has 1 atom stereocenters. The van der Waals surface area contributed by atoms with Crippen molar-refractivity contribution < 1.29 is 5.11 Å². The third-order valence-electron chi connectivity index (χ3n) is 2.95. The predicted octanol–water partition coefficient (Wildman–Crippen LogP) is 3.41. The van der Waals surface area contributed by atoms with Crippen LogP contribution in [-0.2, 0) is 0 Å². The maximum Gasteiger partial charge on any atom is 0.120 e. The maximum absolute atomic E-state index is 9.77. The van der Waals surface area contributed by atoms with Gasteiger partial charge in [-0.25, -0.2) is 0 Å². The minimum absolute atomic E-state index is 0.114. The summed E-state index contributed by atoms with van der Waals surface area (Å²) in [6, 6.07) is 5.75. The van der Waals surface area contributed by atoms with E-state index in [0.717, 1.165) is 18.4 Å². The Morgan fingerprint density at radius 3 is 2.75 bits per heavy atom. The molecule has 0 spiro atoms. The molecule has 1 aliphatic rings. The lowest BCUT2D eigenvalue weighted by Crippen LogP contribution is -2.29. The summed E-state index contributed by atoms with van der Waals surface area (Å²) in [5, 5.41) is 13.9. The van der Waals surface area contributed by atoms with Crippen molar-refractivity contribution in [3.05, 3.63) is 40.9 Å². The molecule has 0 amide bonds. The summed E-state index contributed by atoms with van der Waals surface area (Å²) < 4.78 is 0. The minimum Gasteiger partial charge on any atom is -0.508 e. The molecule has 0 fully saturated rings. The van der Waals surface area contributed by atoms with Crippen LogP contribution in [0, 0.1) is 0 Å². The van der Waals surface area contributed by atoms with Crippen molar-refractivity contribution >= 4 is 11.6 Å². The van der Waals surface area contributed by atoms with Crippen molar-refractivity contribution in [3.63, 3.8) is 0 Å². The van der Waals surface area contributed by atoms with E-state index in [-0.39, 0.29) is 6.04 Å². The first-order valence-corrected chi connectivity index (χ1v) is 5.94. The number of hydrogen-bond donors (Lipinski definition) is 2. The van der Waals surface area contributed by atoms with Gasteiger partial charge in [-0.15, -0.1) is 0 Å². The molecule has 16 heavy (non-hydrogen) atoms. The van der Waals surface area contributed by atoms with Crippen LogP contribution in [0.1, 0.15) is 31.4 Å². The summed E-state index contributed by atoms with van der Waals surface area (Å²) in [7, 11) is 0. The van der Waals surface area contributed by atoms with Crippen LogP contribution in [0.3, 0.4) is 0 Å². The van der Waals surface area contributed by atoms with E-state index in [1.54, 1.807) is 12.1 Å². The van der Waals surface area contributed by atoms with Crippen LogP contribution in [-0.4, -0.2) is 11.1 Å².